The molecule has 0 saturated carbocycles. The maximum atomic E-state index is 9.52. The van der Waals surface area contributed by atoms with Crippen molar-refractivity contribution in [3.63, 3.8) is 0 Å². The molecule has 1 aromatic heterocycles. The van der Waals surface area contributed by atoms with Gasteiger partial charge in [-0.25, -0.2) is 4.98 Å². The second-order valence-electron chi connectivity index (χ2n) is 5.42. The first-order valence-corrected chi connectivity index (χ1v) is 8.32. The number of hydrogen-bond acceptors (Lipinski definition) is 4. The minimum absolute atomic E-state index is 0.474. The van der Waals surface area contributed by atoms with E-state index < -0.39 is 0 Å². The normalized spacial score (nSPS) is 13.0. The summed E-state index contributed by atoms with van der Waals surface area (Å²) in [6, 6.07) is 10.4. The molecule has 1 N–H and O–H groups in total. The number of anilines is 1. The van der Waals surface area contributed by atoms with Crippen LogP contribution in [0.3, 0.4) is 0 Å². The van der Waals surface area contributed by atoms with E-state index in [0.717, 1.165) is 29.4 Å². The summed E-state index contributed by atoms with van der Waals surface area (Å²) in [6.07, 6.45) is 5.29. The van der Waals surface area contributed by atoms with Crippen LogP contribution in [0.1, 0.15) is 32.2 Å². The van der Waals surface area contributed by atoms with Gasteiger partial charge in [0.15, 0.2) is 0 Å². The van der Waals surface area contributed by atoms with Gasteiger partial charge in [-0.05, 0) is 51.3 Å². The molecule has 2 aromatic rings. The number of aromatic nitrogens is 2. The second kappa shape index (κ2) is 8.65. The summed E-state index contributed by atoms with van der Waals surface area (Å²) in [7, 11) is 0. The van der Waals surface area contributed by atoms with Gasteiger partial charge in [-0.15, -0.1) is 0 Å². The largest absolute Gasteiger partial charge is 0.372 e. The molecule has 0 amide bonds. The third kappa shape index (κ3) is 4.24. The zero-order chi connectivity index (χ0) is 18.2. The number of hydrogen-bond donors (Lipinski definition) is 1. The second-order valence-corrected chi connectivity index (χ2v) is 5.42. The first-order valence-electron chi connectivity index (χ1n) is 8.32. The summed E-state index contributed by atoms with van der Waals surface area (Å²) in [4.78, 5) is 13.6. The summed E-state index contributed by atoms with van der Waals surface area (Å²) in [6.45, 7) is 11.6. The van der Waals surface area contributed by atoms with Gasteiger partial charge in [-0.1, -0.05) is 18.2 Å². The van der Waals surface area contributed by atoms with Gasteiger partial charge in [0.1, 0.15) is 11.9 Å². The minimum Gasteiger partial charge on any atom is -0.372 e. The van der Waals surface area contributed by atoms with Gasteiger partial charge in [0.2, 0.25) is 0 Å². The highest BCUT2D eigenvalue weighted by Gasteiger charge is 2.06. The van der Waals surface area contributed by atoms with Crippen molar-refractivity contribution < 1.29 is 0 Å². The molecule has 0 saturated heterocycles. The highest BCUT2D eigenvalue weighted by Crippen LogP contribution is 2.18. The molecule has 0 radical (unpaired) electrons. The smallest absolute Gasteiger partial charge is 0.149 e. The predicted molar refractivity (Wildman–Crippen MR) is 105 cm³/mol. The highest BCUT2D eigenvalue weighted by molar-refractivity contribution is 5.87. The first-order chi connectivity index (χ1) is 12.2. The molecular formula is C20H23N5. The third-order valence-electron chi connectivity index (χ3n) is 3.96. The van der Waals surface area contributed by atoms with Crippen molar-refractivity contribution in [1.82, 2.24) is 9.97 Å². The Kier molecular flexibility index (Phi) is 6.30. The van der Waals surface area contributed by atoms with Crippen LogP contribution in [0.4, 0.5) is 5.69 Å². The molecule has 0 atom stereocenters. The third-order valence-corrected chi connectivity index (χ3v) is 3.96. The molecule has 0 unspecified atom stereocenters. The lowest BCUT2D eigenvalue weighted by Gasteiger charge is -2.20. The van der Waals surface area contributed by atoms with E-state index in [9.17, 15) is 5.26 Å². The molecule has 0 spiro atoms. The molecule has 0 bridgehead atoms. The summed E-state index contributed by atoms with van der Waals surface area (Å²) in [5.41, 5.74) is 2.61. The van der Waals surface area contributed by atoms with Gasteiger partial charge in [0, 0.05) is 18.8 Å². The highest BCUT2D eigenvalue weighted by atomic mass is 15.1. The molecule has 0 aliphatic carbocycles. The van der Waals surface area contributed by atoms with E-state index in [1.165, 1.54) is 5.69 Å². The zero-order valence-electron chi connectivity index (χ0n) is 15.0. The van der Waals surface area contributed by atoms with E-state index in [2.05, 4.69) is 58.6 Å². The summed E-state index contributed by atoms with van der Waals surface area (Å²) in [5.74, 6) is 0.526. The number of aromatic amines is 1. The summed E-state index contributed by atoms with van der Waals surface area (Å²) >= 11 is 0. The lowest BCUT2D eigenvalue weighted by molar-refractivity contribution is 0.866. The molecule has 1 heterocycles. The number of imidazole rings is 1. The van der Waals surface area contributed by atoms with Gasteiger partial charge >= 0.3 is 0 Å². The van der Waals surface area contributed by atoms with Crippen molar-refractivity contribution in [2.75, 3.05) is 18.0 Å². The van der Waals surface area contributed by atoms with Crippen LogP contribution in [0.5, 0.6) is 0 Å². The van der Waals surface area contributed by atoms with E-state index in [4.69, 9.17) is 0 Å². The number of benzene rings is 1. The molecule has 0 fully saturated rings. The van der Waals surface area contributed by atoms with Crippen LogP contribution < -0.4 is 15.6 Å². The number of aliphatic imine (C=N–C) groups is 1. The van der Waals surface area contributed by atoms with Gasteiger partial charge in [0.25, 0.3) is 0 Å². The van der Waals surface area contributed by atoms with Crippen molar-refractivity contribution in [2.45, 2.75) is 20.8 Å². The van der Waals surface area contributed by atoms with Crippen molar-refractivity contribution in [2.24, 2.45) is 4.99 Å². The molecule has 25 heavy (non-hydrogen) atoms. The number of nitrogens with zero attached hydrogens (tertiary/aromatic N) is 4. The zero-order valence-corrected chi connectivity index (χ0v) is 15.0. The van der Waals surface area contributed by atoms with Crippen LogP contribution >= 0.6 is 0 Å². The van der Waals surface area contributed by atoms with E-state index in [0.29, 0.717) is 11.4 Å². The van der Waals surface area contributed by atoms with Crippen molar-refractivity contribution in [3.05, 3.63) is 46.4 Å². The van der Waals surface area contributed by atoms with Gasteiger partial charge in [-0.2, -0.15) is 5.26 Å². The maximum Gasteiger partial charge on any atom is 0.149 e. The van der Waals surface area contributed by atoms with Crippen molar-refractivity contribution in [1.29, 1.82) is 5.26 Å². The fourth-order valence-electron chi connectivity index (χ4n) is 2.63. The summed E-state index contributed by atoms with van der Waals surface area (Å²) < 4.78 is 0. The Balaban J connectivity index is 2.40. The Bertz CT molecular complexity index is 906. The molecule has 0 aliphatic heterocycles. The number of H-pyrrole nitrogens is 1. The lowest BCUT2D eigenvalue weighted by Crippen LogP contribution is -2.23. The van der Waals surface area contributed by atoms with E-state index in [1.54, 1.807) is 6.20 Å². The number of nitrogens with one attached hydrogen (secondary N) is 1. The number of nitriles is 1. The predicted octanol–water partition coefficient (Wildman–Crippen LogP) is 2.56. The van der Waals surface area contributed by atoms with Crippen LogP contribution in [0.2, 0.25) is 0 Å². The fourth-order valence-corrected chi connectivity index (χ4v) is 2.63. The lowest BCUT2D eigenvalue weighted by atomic mass is 10.1. The summed E-state index contributed by atoms with van der Waals surface area (Å²) in [5, 5.41) is 11.0. The SMILES string of the molecule is C=NC=c1[nH]c(C(C#N)=Cc2ccc(N(CC)CC)cc2)nc1=CC. The average Bonchev–Trinajstić information content (AvgIpc) is 3.05. The molecule has 2 rings (SSSR count). The molecule has 0 aliphatic rings. The quantitative estimate of drug-likeness (QED) is 0.652. The monoisotopic (exact) mass is 333 g/mol. The fraction of sp³-hybridized carbons (Fsp3) is 0.250. The Labute approximate surface area is 148 Å². The van der Waals surface area contributed by atoms with Gasteiger partial charge in [0.05, 0.1) is 22.5 Å². The Hall–Kier alpha value is -3.13. The van der Waals surface area contributed by atoms with Crippen LogP contribution in [0.15, 0.2) is 29.3 Å². The number of allylic oxidation sites excluding steroid dienone is 1. The maximum absolute atomic E-state index is 9.52. The Morgan fingerprint density at radius 2 is 2.00 bits per heavy atom. The van der Waals surface area contributed by atoms with E-state index in [-0.39, 0.29) is 0 Å². The Morgan fingerprint density at radius 3 is 2.52 bits per heavy atom. The first kappa shape index (κ1) is 18.2. The van der Waals surface area contributed by atoms with Crippen LogP contribution in [-0.2, 0) is 0 Å². The average molecular weight is 333 g/mol. The molecule has 5 heteroatoms. The van der Waals surface area contributed by atoms with Crippen molar-refractivity contribution >= 4 is 36.3 Å². The van der Waals surface area contributed by atoms with Crippen LogP contribution in [0, 0.1) is 11.3 Å². The van der Waals surface area contributed by atoms with E-state index >= 15 is 0 Å². The van der Waals surface area contributed by atoms with Gasteiger partial charge < -0.3 is 9.88 Å². The molecule has 1 aromatic carbocycles. The molecular weight excluding hydrogens is 310 g/mol. The number of rotatable bonds is 6. The molecule has 128 valence electrons. The Morgan fingerprint density at radius 1 is 1.32 bits per heavy atom. The minimum atomic E-state index is 0.474. The topological polar surface area (TPSA) is 68.1 Å². The van der Waals surface area contributed by atoms with E-state index in [1.807, 2.05) is 31.2 Å². The van der Waals surface area contributed by atoms with Gasteiger partial charge in [-0.3, -0.25) is 4.99 Å². The van der Waals surface area contributed by atoms with Crippen molar-refractivity contribution in [3.8, 4) is 6.07 Å². The standard InChI is InChI=1S/C20H23N5/c1-5-18-19(14-22-4)24-20(23-18)16(13-21)12-15-8-10-17(11-9-15)25(6-2)7-3/h5,8-12,14H,4,6-7H2,1-3H3,(H,23,24). The molecule has 5 nitrogen and oxygen atoms in total. The van der Waals surface area contributed by atoms with Crippen LogP contribution in [-0.4, -0.2) is 29.8 Å². The van der Waals surface area contributed by atoms with Crippen LogP contribution in [0.25, 0.3) is 23.9 Å².